The van der Waals surface area contributed by atoms with E-state index in [1.165, 1.54) is 0 Å². The number of likely N-dealkylation sites (tertiary alicyclic amines) is 1. The van der Waals surface area contributed by atoms with Gasteiger partial charge in [0.25, 0.3) is 0 Å². The van der Waals surface area contributed by atoms with Crippen molar-refractivity contribution < 1.29 is 38.3 Å². The highest BCUT2D eigenvalue weighted by molar-refractivity contribution is 5.69. The van der Waals surface area contributed by atoms with E-state index in [0.29, 0.717) is 85.0 Å². The second-order valence-electron chi connectivity index (χ2n) is 12.6. The number of nitriles is 1. The van der Waals surface area contributed by atoms with Gasteiger partial charge in [0.2, 0.25) is 0 Å². The van der Waals surface area contributed by atoms with Crippen molar-refractivity contribution in [2.75, 3.05) is 104 Å². The second kappa shape index (κ2) is 20.3. The highest BCUT2D eigenvalue weighted by atomic mass is 16.6. The Morgan fingerprint density at radius 1 is 1.00 bits per heavy atom. The average Bonchev–Trinajstić information content (AvgIpc) is 3.50. The summed E-state index contributed by atoms with van der Waals surface area (Å²) >= 11 is 0. The number of carbonyl (C=O) groups is 1. The van der Waals surface area contributed by atoms with Crippen LogP contribution in [0.25, 0.3) is 0 Å². The fourth-order valence-electron chi connectivity index (χ4n) is 6.41. The van der Waals surface area contributed by atoms with Crippen molar-refractivity contribution in [3.05, 3.63) is 47.2 Å². The lowest BCUT2D eigenvalue weighted by atomic mass is 10.0. The van der Waals surface area contributed by atoms with Crippen LogP contribution in [0.3, 0.4) is 0 Å². The Balaban J connectivity index is 1.10. The van der Waals surface area contributed by atoms with Crippen LogP contribution in [0.2, 0.25) is 0 Å². The van der Waals surface area contributed by atoms with E-state index >= 15 is 0 Å². The van der Waals surface area contributed by atoms with Crippen LogP contribution in [0.1, 0.15) is 29.7 Å². The number of carbonyl (C=O) groups excluding carboxylic acids is 1. The number of fused-ring (bicyclic) bond motifs is 1. The molecular formula is C35H51N7O8. The minimum Gasteiger partial charge on any atom is -0.462 e. The molecule has 2 saturated heterocycles. The van der Waals surface area contributed by atoms with Crippen molar-refractivity contribution in [3.63, 3.8) is 0 Å². The summed E-state index contributed by atoms with van der Waals surface area (Å²) in [4.78, 5) is 28.9. The Morgan fingerprint density at radius 3 is 2.52 bits per heavy atom. The van der Waals surface area contributed by atoms with Gasteiger partial charge in [0.1, 0.15) is 19.0 Å². The number of aliphatic hydroxyl groups is 1. The van der Waals surface area contributed by atoms with E-state index < -0.39 is 6.09 Å². The van der Waals surface area contributed by atoms with Gasteiger partial charge in [0, 0.05) is 44.3 Å². The lowest BCUT2D eigenvalue weighted by molar-refractivity contribution is -0.0180. The third-order valence-corrected chi connectivity index (χ3v) is 9.06. The van der Waals surface area contributed by atoms with Crippen molar-refractivity contribution in [2.24, 2.45) is 0 Å². The standard InChI is InChI=1S/C35H51N7O8/c1-40-24-30(48-20-19-47-18-17-46-16-15-45-14-13-43)21-29(40)26-49-34-38-32-22-37-10-8-31(32)33(39-34)41-11-12-42(28(23-41)7-9-36)35(44)50-25-27-5-3-2-4-6-27/h2-6,28-30,37,43H,7-8,10-26H2,1H3/t28-,29-,30+/m0/s1. The van der Waals surface area contributed by atoms with E-state index in [1.807, 2.05) is 30.3 Å². The van der Waals surface area contributed by atoms with E-state index in [9.17, 15) is 10.1 Å². The molecule has 4 heterocycles. The largest absolute Gasteiger partial charge is 0.462 e. The number of hydrogen-bond acceptors (Lipinski definition) is 14. The summed E-state index contributed by atoms with van der Waals surface area (Å²) in [7, 11) is 2.07. The smallest absolute Gasteiger partial charge is 0.410 e. The van der Waals surface area contributed by atoms with Crippen molar-refractivity contribution in [1.29, 1.82) is 5.26 Å². The molecular weight excluding hydrogens is 646 g/mol. The molecule has 50 heavy (non-hydrogen) atoms. The molecule has 0 radical (unpaired) electrons. The van der Waals surface area contributed by atoms with Crippen molar-refractivity contribution in [2.45, 2.75) is 50.6 Å². The molecule has 2 aromatic rings. The Hall–Kier alpha value is -3.62. The summed E-state index contributed by atoms with van der Waals surface area (Å²) in [5, 5.41) is 21.7. The zero-order chi connectivity index (χ0) is 35.0. The van der Waals surface area contributed by atoms with Crippen LogP contribution in [0.4, 0.5) is 10.6 Å². The van der Waals surface area contributed by atoms with Gasteiger partial charge in [-0.05, 0) is 32.0 Å². The molecule has 0 bridgehead atoms. The van der Waals surface area contributed by atoms with Crippen LogP contribution in [0.15, 0.2) is 30.3 Å². The number of anilines is 1. The van der Waals surface area contributed by atoms with E-state index in [2.05, 4.69) is 28.2 Å². The Morgan fingerprint density at radius 2 is 1.76 bits per heavy atom. The summed E-state index contributed by atoms with van der Waals surface area (Å²) in [6, 6.07) is 12.0. The number of likely N-dealkylation sites (N-methyl/N-ethyl adjacent to an activating group) is 1. The normalized spacial score (nSPS) is 20.8. The first-order valence-corrected chi connectivity index (χ1v) is 17.5. The Kier molecular flexibility index (Phi) is 15.3. The zero-order valence-electron chi connectivity index (χ0n) is 29.0. The minimum absolute atomic E-state index is 0.0128. The number of amides is 1. The molecule has 1 aromatic carbocycles. The van der Waals surface area contributed by atoms with Gasteiger partial charge in [-0.1, -0.05) is 30.3 Å². The molecule has 2 fully saturated rings. The van der Waals surface area contributed by atoms with Gasteiger partial charge >= 0.3 is 12.1 Å². The summed E-state index contributed by atoms with van der Waals surface area (Å²) in [6.45, 7) is 7.52. The molecule has 0 spiro atoms. The molecule has 1 aromatic heterocycles. The number of piperazine rings is 1. The van der Waals surface area contributed by atoms with Crippen LogP contribution >= 0.6 is 0 Å². The van der Waals surface area contributed by atoms with Crippen molar-refractivity contribution in [3.8, 4) is 12.1 Å². The number of nitrogens with zero attached hydrogens (tertiary/aromatic N) is 6. The molecule has 3 aliphatic heterocycles. The zero-order valence-corrected chi connectivity index (χ0v) is 29.0. The quantitative estimate of drug-likeness (QED) is 0.202. The predicted octanol–water partition coefficient (Wildman–Crippen LogP) is 1.37. The maximum atomic E-state index is 13.1. The van der Waals surface area contributed by atoms with E-state index in [1.54, 1.807) is 4.90 Å². The number of rotatable bonds is 19. The molecule has 2 N–H and O–H groups in total. The third-order valence-electron chi connectivity index (χ3n) is 9.06. The molecule has 0 aliphatic carbocycles. The highest BCUT2D eigenvalue weighted by Gasteiger charge is 2.35. The van der Waals surface area contributed by atoms with Gasteiger partial charge in [-0.15, -0.1) is 0 Å². The number of benzene rings is 1. The first-order valence-electron chi connectivity index (χ1n) is 17.5. The fraction of sp³-hybridized carbons (Fsp3) is 0.657. The van der Waals surface area contributed by atoms with Crippen LogP contribution in [0, 0.1) is 11.3 Å². The first kappa shape index (κ1) is 37.6. The number of nitrogens with one attached hydrogen (secondary N) is 1. The van der Waals surface area contributed by atoms with Gasteiger partial charge < -0.3 is 48.6 Å². The van der Waals surface area contributed by atoms with Gasteiger partial charge in [0.05, 0.1) is 83.2 Å². The highest BCUT2D eigenvalue weighted by Crippen LogP contribution is 2.29. The number of aliphatic hydroxyl groups excluding tert-OH is 1. The van der Waals surface area contributed by atoms with E-state index in [0.717, 1.165) is 48.6 Å². The maximum absolute atomic E-state index is 13.1. The molecule has 15 heteroatoms. The van der Waals surface area contributed by atoms with Gasteiger partial charge in [-0.2, -0.15) is 15.2 Å². The van der Waals surface area contributed by atoms with Gasteiger partial charge in [0.15, 0.2) is 0 Å². The average molecular weight is 698 g/mol. The van der Waals surface area contributed by atoms with Crippen molar-refractivity contribution >= 4 is 11.9 Å². The molecule has 3 aliphatic rings. The molecule has 15 nitrogen and oxygen atoms in total. The maximum Gasteiger partial charge on any atom is 0.410 e. The monoisotopic (exact) mass is 697 g/mol. The van der Waals surface area contributed by atoms with Crippen LogP contribution < -0.4 is 15.0 Å². The molecule has 0 saturated carbocycles. The number of hydrogen-bond donors (Lipinski definition) is 2. The van der Waals surface area contributed by atoms with E-state index in [4.69, 9.17) is 43.5 Å². The topological polar surface area (TPSA) is 164 Å². The van der Waals surface area contributed by atoms with Crippen LogP contribution in [0.5, 0.6) is 6.01 Å². The first-order chi connectivity index (χ1) is 24.6. The summed E-state index contributed by atoms with van der Waals surface area (Å²) in [6.07, 6.45) is 1.47. The molecule has 5 rings (SSSR count). The number of aromatic nitrogens is 2. The molecule has 274 valence electrons. The van der Waals surface area contributed by atoms with E-state index in [-0.39, 0.29) is 37.8 Å². The van der Waals surface area contributed by atoms with Crippen molar-refractivity contribution in [1.82, 2.24) is 25.1 Å². The summed E-state index contributed by atoms with van der Waals surface area (Å²) in [5.74, 6) is 0.813. The minimum atomic E-state index is -0.412. The Labute approximate surface area is 294 Å². The number of ether oxygens (including phenoxy) is 6. The Bertz CT molecular complexity index is 1370. The summed E-state index contributed by atoms with van der Waals surface area (Å²) < 4.78 is 34.2. The second-order valence-corrected chi connectivity index (χ2v) is 12.6. The summed E-state index contributed by atoms with van der Waals surface area (Å²) in [5.41, 5.74) is 2.91. The molecule has 1 amide bonds. The third kappa shape index (κ3) is 11.2. The SMILES string of the molecule is CN1C[C@H](OCCOCCOCCOCCO)C[C@H]1COc1nc2c(c(N3CCN(C(=O)OCc4ccccc4)[C@@H](CC#N)C3)n1)CCNC2. The van der Waals surface area contributed by atoms with Crippen LogP contribution in [-0.4, -0.2) is 148 Å². The fourth-order valence-corrected chi connectivity index (χ4v) is 6.41. The lowest BCUT2D eigenvalue weighted by Crippen LogP contribution is -2.55. The van der Waals surface area contributed by atoms with Gasteiger partial charge in [-0.3, -0.25) is 4.90 Å². The van der Waals surface area contributed by atoms with Crippen LogP contribution in [-0.2, 0) is 43.3 Å². The predicted molar refractivity (Wildman–Crippen MR) is 183 cm³/mol. The molecule has 0 unspecified atom stereocenters. The molecule has 3 atom stereocenters. The van der Waals surface area contributed by atoms with Gasteiger partial charge in [-0.25, -0.2) is 4.79 Å². The lowest BCUT2D eigenvalue weighted by Gasteiger charge is -2.41.